The standard InChI is InChI=1S/C13H19NO2S/c1-8-6-10(11(14)4-5-13(15)16)12(17-3)7-9(8)2/h6-7,11H,4-5,14H2,1-3H3,(H,15,16). The SMILES string of the molecule is CSc1cc(C)c(C)cc1C(N)CCC(=O)O. The third kappa shape index (κ3) is 3.75. The minimum atomic E-state index is -0.796. The quantitative estimate of drug-likeness (QED) is 0.792. The lowest BCUT2D eigenvalue weighted by Gasteiger charge is -2.17. The number of aryl methyl sites for hydroxylation is 2. The van der Waals surface area contributed by atoms with Crippen LogP contribution in [-0.2, 0) is 4.79 Å². The van der Waals surface area contributed by atoms with Gasteiger partial charge in [0, 0.05) is 17.4 Å². The van der Waals surface area contributed by atoms with E-state index < -0.39 is 5.97 Å². The van der Waals surface area contributed by atoms with Gasteiger partial charge in [0.15, 0.2) is 0 Å². The highest BCUT2D eigenvalue weighted by Crippen LogP contribution is 2.29. The minimum Gasteiger partial charge on any atom is -0.481 e. The Bertz CT molecular complexity index is 418. The second-order valence-corrected chi connectivity index (χ2v) is 5.07. The molecule has 4 heteroatoms. The molecule has 0 saturated heterocycles. The molecule has 17 heavy (non-hydrogen) atoms. The average Bonchev–Trinajstić information content (AvgIpc) is 2.28. The van der Waals surface area contributed by atoms with Crippen LogP contribution in [0.2, 0.25) is 0 Å². The van der Waals surface area contributed by atoms with Crippen LogP contribution in [0.3, 0.4) is 0 Å². The van der Waals surface area contributed by atoms with Gasteiger partial charge in [-0.05, 0) is 49.3 Å². The largest absolute Gasteiger partial charge is 0.481 e. The van der Waals surface area contributed by atoms with Crippen molar-refractivity contribution in [1.29, 1.82) is 0 Å². The highest BCUT2D eigenvalue weighted by atomic mass is 32.2. The minimum absolute atomic E-state index is 0.113. The molecular formula is C13H19NO2S. The molecule has 1 aromatic rings. The summed E-state index contributed by atoms with van der Waals surface area (Å²) < 4.78 is 0. The Labute approximate surface area is 106 Å². The predicted octanol–water partition coefficient (Wildman–Crippen LogP) is 2.89. The molecule has 0 saturated carbocycles. The first kappa shape index (κ1) is 14.1. The number of thioether (sulfide) groups is 1. The van der Waals surface area contributed by atoms with E-state index in [2.05, 4.69) is 19.1 Å². The van der Waals surface area contributed by atoms with Gasteiger partial charge in [0.25, 0.3) is 0 Å². The number of benzene rings is 1. The van der Waals surface area contributed by atoms with E-state index in [0.717, 1.165) is 10.5 Å². The van der Waals surface area contributed by atoms with Crippen molar-refractivity contribution in [2.75, 3.05) is 6.26 Å². The van der Waals surface area contributed by atoms with E-state index in [1.165, 1.54) is 11.1 Å². The maximum atomic E-state index is 10.5. The molecule has 94 valence electrons. The number of hydrogen-bond donors (Lipinski definition) is 2. The predicted molar refractivity (Wildman–Crippen MR) is 71.5 cm³/mol. The number of aliphatic carboxylic acids is 1. The van der Waals surface area contributed by atoms with E-state index in [-0.39, 0.29) is 12.5 Å². The summed E-state index contributed by atoms with van der Waals surface area (Å²) in [6, 6.07) is 4.00. The molecule has 0 aliphatic rings. The van der Waals surface area contributed by atoms with Crippen molar-refractivity contribution in [3.63, 3.8) is 0 Å². The first-order chi connectivity index (χ1) is 7.95. The van der Waals surface area contributed by atoms with E-state index in [0.29, 0.717) is 6.42 Å². The van der Waals surface area contributed by atoms with Crippen molar-refractivity contribution in [2.45, 2.75) is 37.6 Å². The van der Waals surface area contributed by atoms with Crippen LogP contribution in [0.25, 0.3) is 0 Å². The lowest BCUT2D eigenvalue weighted by molar-refractivity contribution is -0.137. The van der Waals surface area contributed by atoms with E-state index in [1.54, 1.807) is 11.8 Å². The van der Waals surface area contributed by atoms with Gasteiger partial charge in [-0.15, -0.1) is 11.8 Å². The molecule has 0 fully saturated rings. The fourth-order valence-corrected chi connectivity index (χ4v) is 2.45. The summed E-state index contributed by atoms with van der Waals surface area (Å²) in [7, 11) is 0. The molecule has 3 nitrogen and oxygen atoms in total. The maximum absolute atomic E-state index is 10.5. The number of nitrogens with two attached hydrogens (primary N) is 1. The fourth-order valence-electron chi connectivity index (χ4n) is 1.71. The normalized spacial score (nSPS) is 12.5. The van der Waals surface area contributed by atoms with Crippen LogP contribution in [0, 0.1) is 13.8 Å². The Morgan fingerprint density at radius 3 is 2.53 bits per heavy atom. The summed E-state index contributed by atoms with van der Waals surface area (Å²) in [5, 5.41) is 8.67. The third-order valence-electron chi connectivity index (χ3n) is 2.91. The van der Waals surface area contributed by atoms with Crippen LogP contribution in [0.1, 0.15) is 35.6 Å². The van der Waals surface area contributed by atoms with Crippen molar-refractivity contribution < 1.29 is 9.90 Å². The summed E-state index contributed by atoms with van der Waals surface area (Å²) in [5.74, 6) is -0.796. The van der Waals surface area contributed by atoms with Crippen LogP contribution < -0.4 is 5.73 Å². The first-order valence-corrected chi connectivity index (χ1v) is 6.80. The zero-order valence-electron chi connectivity index (χ0n) is 10.5. The molecule has 1 atom stereocenters. The Balaban J connectivity index is 2.95. The molecular weight excluding hydrogens is 234 g/mol. The molecule has 1 rings (SSSR count). The van der Waals surface area contributed by atoms with Gasteiger partial charge in [0.2, 0.25) is 0 Å². The second-order valence-electron chi connectivity index (χ2n) is 4.22. The molecule has 0 bridgehead atoms. The van der Waals surface area contributed by atoms with Gasteiger partial charge in [-0.2, -0.15) is 0 Å². The van der Waals surface area contributed by atoms with Crippen LogP contribution in [0.5, 0.6) is 0 Å². The third-order valence-corrected chi connectivity index (χ3v) is 3.71. The topological polar surface area (TPSA) is 63.3 Å². The van der Waals surface area contributed by atoms with E-state index in [4.69, 9.17) is 10.8 Å². The molecule has 3 N–H and O–H groups in total. The Morgan fingerprint density at radius 2 is 2.00 bits per heavy atom. The fraction of sp³-hybridized carbons (Fsp3) is 0.462. The number of carboxylic acid groups (broad SMARTS) is 1. The van der Waals surface area contributed by atoms with E-state index >= 15 is 0 Å². The smallest absolute Gasteiger partial charge is 0.303 e. The molecule has 0 aliphatic carbocycles. The number of hydrogen-bond acceptors (Lipinski definition) is 3. The van der Waals surface area contributed by atoms with Gasteiger partial charge >= 0.3 is 5.97 Å². The van der Waals surface area contributed by atoms with Crippen LogP contribution >= 0.6 is 11.8 Å². The Kier molecular flexibility index (Phi) is 5.02. The zero-order chi connectivity index (χ0) is 13.0. The zero-order valence-corrected chi connectivity index (χ0v) is 11.3. The van der Waals surface area contributed by atoms with Gasteiger partial charge in [-0.25, -0.2) is 0 Å². The summed E-state index contributed by atoms with van der Waals surface area (Å²) in [4.78, 5) is 11.7. The number of rotatable bonds is 5. The molecule has 1 unspecified atom stereocenters. The molecule has 0 aromatic heterocycles. The molecule has 0 radical (unpaired) electrons. The van der Waals surface area contributed by atoms with Crippen molar-refractivity contribution in [3.8, 4) is 0 Å². The lowest BCUT2D eigenvalue weighted by Crippen LogP contribution is -2.13. The van der Waals surface area contributed by atoms with Crippen LogP contribution in [-0.4, -0.2) is 17.3 Å². The molecule has 0 aliphatic heterocycles. The number of carboxylic acids is 1. The maximum Gasteiger partial charge on any atom is 0.303 e. The van der Waals surface area contributed by atoms with Crippen molar-refractivity contribution in [3.05, 3.63) is 28.8 Å². The molecule has 0 amide bonds. The summed E-state index contributed by atoms with van der Waals surface area (Å²) in [6.45, 7) is 4.12. The number of carbonyl (C=O) groups is 1. The molecule has 0 spiro atoms. The Morgan fingerprint density at radius 1 is 1.41 bits per heavy atom. The van der Waals surface area contributed by atoms with Gasteiger partial charge < -0.3 is 10.8 Å². The van der Waals surface area contributed by atoms with Gasteiger partial charge in [-0.1, -0.05) is 6.07 Å². The lowest BCUT2D eigenvalue weighted by atomic mass is 9.98. The van der Waals surface area contributed by atoms with Crippen LogP contribution in [0.15, 0.2) is 17.0 Å². The Hall–Kier alpha value is -1.00. The average molecular weight is 253 g/mol. The van der Waals surface area contributed by atoms with Crippen molar-refractivity contribution >= 4 is 17.7 Å². The monoisotopic (exact) mass is 253 g/mol. The summed E-state index contributed by atoms with van der Waals surface area (Å²) in [6.07, 6.45) is 2.60. The summed E-state index contributed by atoms with van der Waals surface area (Å²) in [5.41, 5.74) is 9.56. The molecule has 1 aromatic carbocycles. The van der Waals surface area contributed by atoms with Crippen LogP contribution in [0.4, 0.5) is 0 Å². The first-order valence-electron chi connectivity index (χ1n) is 5.58. The van der Waals surface area contributed by atoms with Crippen molar-refractivity contribution in [1.82, 2.24) is 0 Å². The van der Waals surface area contributed by atoms with Gasteiger partial charge in [-0.3, -0.25) is 4.79 Å². The van der Waals surface area contributed by atoms with E-state index in [1.807, 2.05) is 13.2 Å². The molecule has 0 heterocycles. The van der Waals surface area contributed by atoms with Crippen molar-refractivity contribution in [2.24, 2.45) is 5.73 Å². The second kappa shape index (κ2) is 6.07. The highest BCUT2D eigenvalue weighted by molar-refractivity contribution is 7.98. The summed E-state index contributed by atoms with van der Waals surface area (Å²) >= 11 is 1.65. The highest BCUT2D eigenvalue weighted by Gasteiger charge is 2.13. The van der Waals surface area contributed by atoms with Gasteiger partial charge in [0.05, 0.1) is 0 Å². The van der Waals surface area contributed by atoms with E-state index in [9.17, 15) is 4.79 Å². The van der Waals surface area contributed by atoms with Gasteiger partial charge in [0.1, 0.15) is 0 Å².